The van der Waals surface area contributed by atoms with Crippen molar-refractivity contribution < 1.29 is 19.1 Å². The monoisotopic (exact) mass is 423 g/mol. The molecule has 1 amide bonds. The summed E-state index contributed by atoms with van der Waals surface area (Å²) in [5.41, 5.74) is 1.76. The highest BCUT2D eigenvalue weighted by atomic mass is 16.5. The maximum Gasteiger partial charge on any atom is 0.256 e. The first-order valence-corrected chi connectivity index (χ1v) is 10.3. The van der Waals surface area contributed by atoms with Crippen LogP contribution in [0.2, 0.25) is 0 Å². The quantitative estimate of drug-likeness (QED) is 0.747. The number of anilines is 2. The Morgan fingerprint density at radius 2 is 2.00 bits per heavy atom. The number of rotatable bonds is 3. The van der Waals surface area contributed by atoms with Gasteiger partial charge in [-0.1, -0.05) is 0 Å². The molecule has 0 radical (unpaired) electrons. The molecule has 1 unspecified atom stereocenters. The van der Waals surface area contributed by atoms with Crippen molar-refractivity contribution in [1.29, 1.82) is 0 Å². The summed E-state index contributed by atoms with van der Waals surface area (Å²) in [4.78, 5) is 49.0. The molecule has 0 aromatic carbocycles. The molecule has 1 saturated heterocycles. The minimum absolute atomic E-state index is 0.00298. The van der Waals surface area contributed by atoms with E-state index < -0.39 is 0 Å². The van der Waals surface area contributed by atoms with E-state index in [2.05, 4.69) is 9.98 Å². The van der Waals surface area contributed by atoms with Crippen molar-refractivity contribution >= 4 is 29.1 Å². The third-order valence-electron chi connectivity index (χ3n) is 5.69. The van der Waals surface area contributed by atoms with E-state index in [9.17, 15) is 14.4 Å². The molecule has 1 fully saturated rings. The molecule has 2 aromatic heterocycles. The Hall–Kier alpha value is -3.49. The van der Waals surface area contributed by atoms with Crippen LogP contribution in [-0.4, -0.2) is 64.8 Å². The minimum atomic E-state index is -0.366. The maximum absolute atomic E-state index is 13.0. The largest absolute Gasteiger partial charge is 0.488 e. The van der Waals surface area contributed by atoms with Crippen LogP contribution >= 0.6 is 0 Å². The lowest BCUT2D eigenvalue weighted by Crippen LogP contribution is -2.39. The minimum Gasteiger partial charge on any atom is -0.488 e. The Labute approximate surface area is 180 Å². The Morgan fingerprint density at radius 1 is 1.19 bits per heavy atom. The SMILES string of the molecule is CN=c1cc(N2CCOc3cc(C(=O)N4CCCC4C(C)=O)cnc32)ccn1C(C)=O. The summed E-state index contributed by atoms with van der Waals surface area (Å²) >= 11 is 0. The molecule has 162 valence electrons. The molecule has 2 aliphatic rings. The molecule has 1 atom stereocenters. The number of Topliss-reactive ketones (excluding diaryl/α,β-unsaturated/α-hetero) is 1. The van der Waals surface area contributed by atoms with Crippen molar-refractivity contribution in [3.05, 3.63) is 41.6 Å². The van der Waals surface area contributed by atoms with Gasteiger partial charge >= 0.3 is 0 Å². The van der Waals surface area contributed by atoms with Gasteiger partial charge in [-0.25, -0.2) is 4.98 Å². The van der Waals surface area contributed by atoms with Crippen LogP contribution in [0.25, 0.3) is 0 Å². The standard InChI is InChI=1S/C22H25N5O4/c1-14(28)18-5-4-7-27(18)22(30)16-11-19-21(24-13-16)26(9-10-31-19)17-6-8-25(15(2)29)20(12-17)23-3/h6,8,11-13,18H,4-5,7,9-10H2,1-3H3. The maximum atomic E-state index is 13.0. The number of amides is 1. The topological polar surface area (TPSA) is 97.1 Å². The second kappa shape index (κ2) is 8.33. The van der Waals surface area contributed by atoms with Crippen molar-refractivity contribution in [3.8, 4) is 5.75 Å². The second-order valence-corrected chi connectivity index (χ2v) is 7.67. The summed E-state index contributed by atoms with van der Waals surface area (Å²) < 4.78 is 7.27. The molecular weight excluding hydrogens is 398 g/mol. The van der Waals surface area contributed by atoms with E-state index in [-0.39, 0.29) is 23.6 Å². The van der Waals surface area contributed by atoms with Gasteiger partial charge in [0.1, 0.15) is 12.1 Å². The van der Waals surface area contributed by atoms with E-state index in [1.54, 1.807) is 24.2 Å². The molecule has 0 saturated carbocycles. The smallest absolute Gasteiger partial charge is 0.256 e. The second-order valence-electron chi connectivity index (χ2n) is 7.67. The number of carbonyl (C=O) groups excluding carboxylic acids is 3. The van der Waals surface area contributed by atoms with Crippen LogP contribution in [0.4, 0.5) is 11.5 Å². The summed E-state index contributed by atoms with van der Waals surface area (Å²) in [7, 11) is 1.63. The predicted molar refractivity (Wildman–Crippen MR) is 114 cm³/mol. The van der Waals surface area contributed by atoms with E-state index in [1.807, 2.05) is 17.0 Å². The third kappa shape index (κ3) is 3.83. The highest BCUT2D eigenvalue weighted by Crippen LogP contribution is 2.35. The summed E-state index contributed by atoms with van der Waals surface area (Å²) in [6.45, 7) is 4.56. The van der Waals surface area contributed by atoms with Crippen LogP contribution in [0.1, 0.15) is 41.8 Å². The van der Waals surface area contributed by atoms with Gasteiger partial charge in [0, 0.05) is 44.7 Å². The van der Waals surface area contributed by atoms with Crippen LogP contribution in [-0.2, 0) is 4.79 Å². The van der Waals surface area contributed by atoms with Gasteiger partial charge in [0.15, 0.2) is 17.4 Å². The molecule has 4 rings (SSSR count). The number of hydrogen-bond acceptors (Lipinski definition) is 7. The lowest BCUT2D eigenvalue weighted by Gasteiger charge is -2.31. The molecule has 4 heterocycles. The van der Waals surface area contributed by atoms with Gasteiger partial charge in [0.25, 0.3) is 5.91 Å². The van der Waals surface area contributed by atoms with Gasteiger partial charge in [0.2, 0.25) is 5.91 Å². The molecule has 0 aliphatic carbocycles. The summed E-state index contributed by atoms with van der Waals surface area (Å²) in [6, 6.07) is 4.97. The van der Waals surface area contributed by atoms with E-state index in [4.69, 9.17) is 4.74 Å². The Kier molecular flexibility index (Phi) is 5.58. The van der Waals surface area contributed by atoms with Gasteiger partial charge in [-0.2, -0.15) is 0 Å². The number of pyridine rings is 2. The van der Waals surface area contributed by atoms with E-state index >= 15 is 0 Å². The van der Waals surface area contributed by atoms with Crippen molar-refractivity contribution in [1.82, 2.24) is 14.5 Å². The average molecular weight is 423 g/mol. The van der Waals surface area contributed by atoms with Gasteiger partial charge in [-0.15, -0.1) is 0 Å². The molecule has 2 aromatic rings. The van der Waals surface area contributed by atoms with Gasteiger partial charge in [0.05, 0.1) is 18.2 Å². The van der Waals surface area contributed by atoms with Gasteiger partial charge < -0.3 is 14.5 Å². The first-order valence-electron chi connectivity index (χ1n) is 10.3. The zero-order chi connectivity index (χ0) is 22.1. The third-order valence-corrected chi connectivity index (χ3v) is 5.69. The molecule has 0 N–H and O–H groups in total. The molecular formula is C22H25N5O4. The number of fused-ring (bicyclic) bond motifs is 1. The molecule has 9 heteroatoms. The van der Waals surface area contributed by atoms with Crippen LogP contribution in [0.15, 0.2) is 35.6 Å². The lowest BCUT2D eigenvalue weighted by atomic mass is 10.1. The molecule has 9 nitrogen and oxygen atoms in total. The summed E-state index contributed by atoms with van der Waals surface area (Å²) in [5.74, 6) is 0.775. The number of ketones is 1. The zero-order valence-corrected chi connectivity index (χ0v) is 17.9. The van der Waals surface area contributed by atoms with E-state index in [0.717, 1.165) is 12.1 Å². The average Bonchev–Trinajstić information content (AvgIpc) is 3.27. The lowest BCUT2D eigenvalue weighted by molar-refractivity contribution is -0.120. The fourth-order valence-electron chi connectivity index (χ4n) is 4.15. The number of hydrogen-bond donors (Lipinski definition) is 0. The van der Waals surface area contributed by atoms with Gasteiger partial charge in [-0.05, 0) is 31.9 Å². The molecule has 0 spiro atoms. The fourth-order valence-corrected chi connectivity index (χ4v) is 4.15. The summed E-state index contributed by atoms with van der Waals surface area (Å²) in [6.07, 6.45) is 4.73. The van der Waals surface area contributed by atoms with E-state index in [0.29, 0.717) is 48.7 Å². The zero-order valence-electron chi connectivity index (χ0n) is 17.9. The number of nitrogens with zero attached hydrogens (tertiary/aromatic N) is 5. The van der Waals surface area contributed by atoms with Crippen LogP contribution in [0.5, 0.6) is 5.75 Å². The molecule has 0 bridgehead atoms. The Balaban J connectivity index is 1.66. The van der Waals surface area contributed by atoms with E-state index in [1.165, 1.54) is 24.6 Å². The molecule has 31 heavy (non-hydrogen) atoms. The van der Waals surface area contributed by atoms with Crippen LogP contribution in [0.3, 0.4) is 0 Å². The highest BCUT2D eigenvalue weighted by molar-refractivity contribution is 5.98. The summed E-state index contributed by atoms with van der Waals surface area (Å²) in [5, 5.41) is 0. The van der Waals surface area contributed by atoms with Crippen molar-refractivity contribution in [2.45, 2.75) is 32.7 Å². The normalized spacial score (nSPS) is 18.5. The van der Waals surface area contributed by atoms with Crippen LogP contribution in [0, 0.1) is 0 Å². The first kappa shape index (κ1) is 20.8. The van der Waals surface area contributed by atoms with Gasteiger partial charge in [-0.3, -0.25) is 23.9 Å². The molecule has 2 aliphatic heterocycles. The van der Waals surface area contributed by atoms with Crippen molar-refractivity contribution in [3.63, 3.8) is 0 Å². The Morgan fingerprint density at radius 3 is 2.71 bits per heavy atom. The Bertz CT molecular complexity index is 1120. The number of aromatic nitrogens is 2. The highest BCUT2D eigenvalue weighted by Gasteiger charge is 2.33. The first-order chi connectivity index (χ1) is 14.9. The number of ether oxygens (including phenoxy) is 1. The number of carbonyl (C=O) groups is 3. The fraction of sp³-hybridized carbons (Fsp3) is 0.409. The van der Waals surface area contributed by atoms with Crippen molar-refractivity contribution in [2.75, 3.05) is 31.6 Å². The number of likely N-dealkylation sites (tertiary alicyclic amines) is 1. The van der Waals surface area contributed by atoms with Crippen molar-refractivity contribution in [2.24, 2.45) is 4.99 Å². The predicted octanol–water partition coefficient (Wildman–Crippen LogP) is 1.80. The van der Waals surface area contributed by atoms with Crippen LogP contribution < -0.4 is 15.1 Å².